The number of imidazole rings is 1. The zero-order chi connectivity index (χ0) is 48.0. The van der Waals surface area contributed by atoms with Gasteiger partial charge in [0.2, 0.25) is 0 Å². The molecule has 3 aromatic heterocycles. The van der Waals surface area contributed by atoms with E-state index in [4.69, 9.17) is 9.97 Å². The zero-order valence-corrected chi connectivity index (χ0v) is 47.3. The molecule has 69 heavy (non-hydrogen) atoms. The average Bonchev–Trinajstić information content (AvgIpc) is 3.90. The van der Waals surface area contributed by atoms with Crippen LogP contribution >= 0.6 is 11.3 Å². The molecule has 0 saturated heterocycles. The predicted molar refractivity (Wildman–Crippen MR) is 297 cm³/mol. The SMILES string of the molecule is CC(C)(C)c1ccc(-n2c(-c3[c-]ccc4c3sc3cc(C(C)(C)C)ccc34)nc3ccccc32)c(-c2ccccc2)c1.CC(C)Cc1cc(-c2[c-]ccc(-c3ccccc3)c2)nc[c]1[Ge]([CH3])([CH3])[CH3].[Ir]. The number of rotatable bonds is 8. The molecule has 0 bridgehead atoms. The molecule has 0 aliphatic heterocycles. The van der Waals surface area contributed by atoms with Crippen LogP contribution in [0.25, 0.3) is 81.8 Å². The van der Waals surface area contributed by atoms with Gasteiger partial charge in [-0.1, -0.05) is 113 Å². The van der Waals surface area contributed by atoms with Crippen LogP contribution in [0.4, 0.5) is 0 Å². The molecule has 10 aromatic rings. The molecule has 351 valence electrons. The van der Waals surface area contributed by atoms with E-state index in [0.29, 0.717) is 5.92 Å². The van der Waals surface area contributed by atoms with Crippen LogP contribution in [0, 0.1) is 18.1 Å². The number of aromatic nitrogens is 3. The van der Waals surface area contributed by atoms with Crippen LogP contribution in [0.15, 0.2) is 164 Å². The van der Waals surface area contributed by atoms with E-state index in [1.807, 2.05) is 17.4 Å². The number of hydrogen-bond donors (Lipinski definition) is 0. The number of pyridine rings is 1. The van der Waals surface area contributed by atoms with E-state index >= 15 is 0 Å². The molecule has 0 fully saturated rings. The fourth-order valence-corrected chi connectivity index (χ4v) is 13.8. The third-order valence-electron chi connectivity index (χ3n) is 12.9. The van der Waals surface area contributed by atoms with Gasteiger partial charge in [0, 0.05) is 36.1 Å². The van der Waals surface area contributed by atoms with E-state index in [9.17, 15) is 0 Å². The topological polar surface area (TPSA) is 30.7 Å². The second kappa shape index (κ2) is 20.1. The van der Waals surface area contributed by atoms with Crippen molar-refractivity contribution in [2.45, 2.75) is 89.9 Å². The van der Waals surface area contributed by atoms with Crippen LogP contribution in [0.3, 0.4) is 0 Å². The van der Waals surface area contributed by atoms with Crippen molar-refractivity contribution in [2.75, 3.05) is 0 Å². The van der Waals surface area contributed by atoms with E-state index in [-0.39, 0.29) is 30.9 Å². The third-order valence-corrected chi connectivity index (χ3v) is 18.4. The number of nitrogens with zero attached hydrogens (tertiary/aromatic N) is 3. The summed E-state index contributed by atoms with van der Waals surface area (Å²) < 4.78 is 6.41. The first-order valence-corrected chi connectivity index (χ1v) is 32.2. The third kappa shape index (κ3) is 10.7. The molecule has 6 heteroatoms. The Kier molecular flexibility index (Phi) is 14.6. The molecule has 3 heterocycles. The zero-order valence-electron chi connectivity index (χ0n) is 42.0. The van der Waals surface area contributed by atoms with E-state index in [0.717, 1.165) is 45.8 Å². The van der Waals surface area contributed by atoms with Gasteiger partial charge in [0.25, 0.3) is 0 Å². The molecule has 0 aliphatic rings. The molecule has 0 spiro atoms. The number of hydrogen-bond acceptors (Lipinski definition) is 3. The van der Waals surface area contributed by atoms with Gasteiger partial charge in [-0.3, -0.25) is 4.98 Å². The van der Waals surface area contributed by atoms with Crippen molar-refractivity contribution in [1.29, 1.82) is 0 Å². The van der Waals surface area contributed by atoms with Crippen molar-refractivity contribution in [3.05, 3.63) is 193 Å². The molecule has 10 rings (SSSR count). The Morgan fingerprint density at radius 1 is 0.638 bits per heavy atom. The number of benzene rings is 7. The van der Waals surface area contributed by atoms with Gasteiger partial charge in [-0.2, -0.15) is 11.3 Å². The smallest absolute Gasteiger partial charge is 0 e. The van der Waals surface area contributed by atoms with Gasteiger partial charge in [-0.05, 0) is 67.9 Å². The monoisotopic (exact) mass is 1160 g/mol. The van der Waals surface area contributed by atoms with Crippen LogP contribution in [0.5, 0.6) is 0 Å². The summed E-state index contributed by atoms with van der Waals surface area (Å²) in [7, 11) is 0. The first-order valence-electron chi connectivity index (χ1n) is 24.1. The standard InChI is InChI=1S/C39H35N2S.C24H28GeN.Ir/c1-38(2,3)26-20-22-33(31(23-26)25-13-8-7-9-14-25)41-34-18-11-10-17-32(34)40-37(41)30-16-12-15-29-28-21-19-27(39(4,5)6)24-35(28)42-36(29)30;1-18(2)14-22-16-24(26-17-23(22)25(3,4)5)21-13-9-12-20(15-21)19-10-7-6-8-11-19;/h7-15,17-24H,1-6H3;6-12,15-18H,14H2,1-5H3;/q2*-1;. The second-order valence-electron chi connectivity index (χ2n) is 21.7. The summed E-state index contributed by atoms with van der Waals surface area (Å²) in [5, 5.41) is 2.55. The van der Waals surface area contributed by atoms with Crippen LogP contribution in [0.2, 0.25) is 17.3 Å². The minimum Gasteiger partial charge on any atom is 0 e. The van der Waals surface area contributed by atoms with E-state index in [1.54, 1.807) is 0 Å². The summed E-state index contributed by atoms with van der Waals surface area (Å²) in [6.07, 6.45) is 3.27. The van der Waals surface area contributed by atoms with Crippen molar-refractivity contribution >= 4 is 60.2 Å². The van der Waals surface area contributed by atoms with Crippen molar-refractivity contribution in [2.24, 2.45) is 5.92 Å². The van der Waals surface area contributed by atoms with Crippen molar-refractivity contribution in [3.8, 4) is 50.6 Å². The molecular formula is C63H63GeIrN3S-2. The molecule has 1 radical (unpaired) electrons. The minimum atomic E-state index is -1.93. The van der Waals surface area contributed by atoms with E-state index < -0.39 is 13.3 Å². The van der Waals surface area contributed by atoms with E-state index in [1.165, 1.54) is 63.5 Å². The minimum absolute atomic E-state index is 0. The number of para-hydroxylation sites is 2. The van der Waals surface area contributed by atoms with Gasteiger partial charge in [-0.25, -0.2) is 0 Å². The fraction of sp³-hybridized carbons (Fsp3) is 0.238. The maximum absolute atomic E-state index is 5.28. The van der Waals surface area contributed by atoms with Crippen molar-refractivity contribution < 1.29 is 20.1 Å². The molecule has 0 saturated carbocycles. The average molecular weight is 1160 g/mol. The number of fused-ring (bicyclic) bond motifs is 4. The molecule has 7 aromatic carbocycles. The normalized spacial score (nSPS) is 12.1. The van der Waals surface area contributed by atoms with Gasteiger partial charge in [0.15, 0.2) is 0 Å². The second-order valence-corrected chi connectivity index (χ2v) is 33.3. The van der Waals surface area contributed by atoms with Gasteiger partial charge >= 0.3 is 161 Å². The van der Waals surface area contributed by atoms with Gasteiger partial charge in [0.05, 0.1) is 16.9 Å². The first-order chi connectivity index (χ1) is 32.4. The molecule has 3 nitrogen and oxygen atoms in total. The maximum Gasteiger partial charge on any atom is 0 e. The predicted octanol–water partition coefficient (Wildman–Crippen LogP) is 17.1. The Hall–Kier alpha value is -5.43. The summed E-state index contributed by atoms with van der Waals surface area (Å²) in [6.45, 7) is 18.2. The Bertz CT molecular complexity index is 3400. The Morgan fingerprint density at radius 3 is 1.96 bits per heavy atom. The molecule has 0 amide bonds. The number of thiophene rings is 1. The van der Waals surface area contributed by atoms with Crippen LogP contribution in [-0.4, -0.2) is 27.8 Å². The molecule has 0 atom stereocenters. The molecule has 0 aliphatic carbocycles. The molecule has 0 unspecified atom stereocenters. The van der Waals surface area contributed by atoms with Crippen LogP contribution in [-0.2, 0) is 37.4 Å². The summed E-state index contributed by atoms with van der Waals surface area (Å²) in [6, 6.07) is 63.5. The summed E-state index contributed by atoms with van der Waals surface area (Å²) in [5.74, 6) is 8.91. The van der Waals surface area contributed by atoms with Gasteiger partial charge in [-0.15, -0.1) is 18.2 Å². The quantitative estimate of drug-likeness (QED) is 0.112. The van der Waals surface area contributed by atoms with Crippen LogP contribution < -0.4 is 4.40 Å². The van der Waals surface area contributed by atoms with E-state index in [2.05, 4.69) is 247 Å². The fourth-order valence-electron chi connectivity index (χ4n) is 9.21. The maximum atomic E-state index is 5.28. The molecular weight excluding hydrogens is 1100 g/mol. The summed E-state index contributed by atoms with van der Waals surface area (Å²) in [4.78, 5) is 10.1. The van der Waals surface area contributed by atoms with Crippen molar-refractivity contribution in [3.63, 3.8) is 0 Å². The Labute approximate surface area is 430 Å². The largest absolute Gasteiger partial charge is 0 e. The summed E-state index contributed by atoms with van der Waals surface area (Å²) in [5.41, 5.74) is 15.5. The Morgan fingerprint density at radius 2 is 1.28 bits per heavy atom. The molecule has 0 N–H and O–H groups in total. The van der Waals surface area contributed by atoms with Crippen LogP contribution in [0.1, 0.15) is 72.1 Å². The Balaban J connectivity index is 0.000000205. The van der Waals surface area contributed by atoms with Gasteiger partial charge < -0.3 is 4.57 Å². The van der Waals surface area contributed by atoms with Gasteiger partial charge in [0.1, 0.15) is 0 Å². The first kappa shape index (κ1) is 50.0. The van der Waals surface area contributed by atoms with Crippen molar-refractivity contribution in [1.82, 2.24) is 14.5 Å². The summed E-state index contributed by atoms with van der Waals surface area (Å²) >= 11 is -0.0834.